The standard InChI is InChI=1S/C22H17ClF3N3O7.C2H2N2O/c1-33-18(30)21-10-12-9-13(23)3-8-16(12)17(21)27-28(11-35-21)19(31)29(20(32)34-2)14-4-6-15(7-5-14)36-22(24,25)26;1-2-5-4-3-1/h3-9H,10-11H2,1-2H3;1-2H/t21-;/m0./s1. The summed E-state index contributed by atoms with van der Waals surface area (Å²) in [6, 6.07) is 7.70. The lowest BCUT2D eigenvalue weighted by Gasteiger charge is -2.35. The van der Waals surface area contributed by atoms with E-state index in [1.807, 2.05) is 0 Å². The van der Waals surface area contributed by atoms with E-state index >= 15 is 0 Å². The summed E-state index contributed by atoms with van der Waals surface area (Å²) in [4.78, 5) is 39.0. The molecular weight excluding hydrogens is 579 g/mol. The molecule has 13 nitrogen and oxygen atoms in total. The number of fused-ring (bicyclic) bond motifs is 3. The number of urea groups is 1. The van der Waals surface area contributed by atoms with Gasteiger partial charge >= 0.3 is 24.5 Å². The van der Waals surface area contributed by atoms with Crippen LogP contribution in [0.1, 0.15) is 11.1 Å². The fourth-order valence-electron chi connectivity index (χ4n) is 4.01. The Kier molecular flexibility index (Phi) is 8.44. The average Bonchev–Trinajstić information content (AvgIpc) is 3.62. The number of nitrogens with zero attached hydrogens (tertiary/aromatic N) is 5. The number of imide groups is 1. The maximum absolute atomic E-state index is 13.3. The highest BCUT2D eigenvalue weighted by Crippen LogP contribution is 2.39. The summed E-state index contributed by atoms with van der Waals surface area (Å²) < 4.78 is 60.8. The Labute approximate surface area is 233 Å². The van der Waals surface area contributed by atoms with Gasteiger partial charge in [-0.3, -0.25) is 0 Å². The van der Waals surface area contributed by atoms with Crippen LogP contribution in [0.3, 0.4) is 0 Å². The molecule has 17 heteroatoms. The molecule has 0 saturated heterocycles. The highest BCUT2D eigenvalue weighted by molar-refractivity contribution is 6.31. The second kappa shape index (κ2) is 11.8. The van der Waals surface area contributed by atoms with Crippen molar-refractivity contribution in [1.29, 1.82) is 0 Å². The van der Waals surface area contributed by atoms with E-state index in [1.54, 1.807) is 18.2 Å². The number of benzene rings is 2. The molecule has 2 heterocycles. The summed E-state index contributed by atoms with van der Waals surface area (Å²) in [5, 5.41) is 11.9. The van der Waals surface area contributed by atoms with Crippen molar-refractivity contribution in [2.45, 2.75) is 18.4 Å². The fraction of sp³-hybridized carbons (Fsp3) is 0.250. The largest absolute Gasteiger partial charge is 0.573 e. The van der Waals surface area contributed by atoms with Gasteiger partial charge in [0.05, 0.1) is 26.1 Å². The number of esters is 1. The predicted octanol–water partition coefficient (Wildman–Crippen LogP) is 4.16. The van der Waals surface area contributed by atoms with Gasteiger partial charge in [-0.05, 0) is 42.0 Å². The number of hydrogen-bond donors (Lipinski definition) is 0. The van der Waals surface area contributed by atoms with Crippen molar-refractivity contribution >= 4 is 41.1 Å². The quantitative estimate of drug-likeness (QED) is 0.403. The van der Waals surface area contributed by atoms with E-state index in [4.69, 9.17) is 21.1 Å². The Morgan fingerprint density at radius 1 is 1.10 bits per heavy atom. The number of aromatic nitrogens is 2. The van der Waals surface area contributed by atoms with Crippen LogP contribution in [0.5, 0.6) is 5.75 Å². The van der Waals surface area contributed by atoms with E-state index in [-0.39, 0.29) is 17.8 Å². The second-order valence-electron chi connectivity index (χ2n) is 8.14. The van der Waals surface area contributed by atoms with Crippen LogP contribution in [0.15, 0.2) is 64.5 Å². The van der Waals surface area contributed by atoms with Crippen molar-refractivity contribution in [2.75, 3.05) is 25.9 Å². The number of carbonyl (C=O) groups excluding carboxylic acids is 3. The zero-order chi connectivity index (χ0) is 29.8. The molecule has 1 aliphatic heterocycles. The number of methoxy groups -OCH3 is 2. The van der Waals surface area contributed by atoms with Crippen LogP contribution >= 0.6 is 11.6 Å². The summed E-state index contributed by atoms with van der Waals surface area (Å²) in [6.45, 7) is -0.554. The van der Waals surface area contributed by atoms with Crippen molar-refractivity contribution in [3.8, 4) is 5.75 Å². The number of hydrazone groups is 1. The topological polar surface area (TPSA) is 146 Å². The Bertz CT molecular complexity index is 1440. The molecule has 0 bridgehead atoms. The molecule has 0 fully saturated rings. The van der Waals surface area contributed by atoms with Crippen LogP contribution in [0.4, 0.5) is 28.4 Å². The van der Waals surface area contributed by atoms with Gasteiger partial charge in [0.25, 0.3) is 0 Å². The van der Waals surface area contributed by atoms with Gasteiger partial charge in [-0.25, -0.2) is 14.4 Å². The van der Waals surface area contributed by atoms with Crippen LogP contribution < -0.4 is 9.64 Å². The number of rotatable bonds is 3. The Balaban J connectivity index is 0.000000699. The van der Waals surface area contributed by atoms with E-state index in [2.05, 4.69) is 29.5 Å². The van der Waals surface area contributed by atoms with Crippen LogP contribution in [0.2, 0.25) is 5.02 Å². The van der Waals surface area contributed by atoms with Crippen molar-refractivity contribution in [3.05, 3.63) is 71.1 Å². The summed E-state index contributed by atoms with van der Waals surface area (Å²) in [6.07, 6.45) is -3.14. The van der Waals surface area contributed by atoms with Crippen molar-refractivity contribution in [3.63, 3.8) is 0 Å². The first-order valence-electron chi connectivity index (χ1n) is 11.4. The monoisotopic (exact) mass is 597 g/mol. The Morgan fingerprint density at radius 2 is 1.83 bits per heavy atom. The molecule has 0 radical (unpaired) electrons. The molecule has 1 aromatic heterocycles. The van der Waals surface area contributed by atoms with E-state index in [0.717, 1.165) is 36.4 Å². The second-order valence-corrected chi connectivity index (χ2v) is 8.57. The maximum atomic E-state index is 13.3. The summed E-state index contributed by atoms with van der Waals surface area (Å²) in [5.74, 6) is -1.31. The van der Waals surface area contributed by atoms with Crippen molar-refractivity contribution in [1.82, 2.24) is 15.4 Å². The maximum Gasteiger partial charge on any atom is 0.573 e. The third-order valence-electron chi connectivity index (χ3n) is 5.69. The molecule has 0 unspecified atom stereocenters. The number of halogens is 4. The average molecular weight is 598 g/mol. The van der Waals surface area contributed by atoms with Crippen LogP contribution in [-0.2, 0) is 25.4 Å². The van der Waals surface area contributed by atoms with Gasteiger partial charge in [0.15, 0.2) is 0 Å². The first kappa shape index (κ1) is 29.3. The Morgan fingerprint density at radius 3 is 2.39 bits per heavy atom. The lowest BCUT2D eigenvalue weighted by Crippen LogP contribution is -2.56. The molecule has 0 saturated carbocycles. The molecule has 41 heavy (non-hydrogen) atoms. The number of ether oxygens (including phenoxy) is 4. The number of carbonyl (C=O) groups is 3. The summed E-state index contributed by atoms with van der Waals surface area (Å²) >= 11 is 6.07. The normalized spacial score (nSPS) is 17.2. The molecule has 5 rings (SSSR count). The molecule has 3 amide bonds. The van der Waals surface area contributed by atoms with Gasteiger partial charge in [-0.15, -0.1) is 18.3 Å². The molecule has 0 N–H and O–H groups in total. The van der Waals surface area contributed by atoms with Crippen LogP contribution in [-0.4, -0.2) is 72.1 Å². The van der Waals surface area contributed by atoms with Gasteiger partial charge < -0.3 is 23.5 Å². The van der Waals surface area contributed by atoms with E-state index in [0.29, 0.717) is 21.0 Å². The van der Waals surface area contributed by atoms with Crippen LogP contribution in [0, 0.1) is 0 Å². The minimum atomic E-state index is -4.92. The van der Waals surface area contributed by atoms with Crippen molar-refractivity contribution < 1.29 is 51.0 Å². The highest BCUT2D eigenvalue weighted by Gasteiger charge is 2.55. The third kappa shape index (κ3) is 6.22. The SMILES string of the molecule is COC(=O)N(C(=O)N1CO[C@@]2(C(=O)OC)Cc3cc(Cl)ccc3C2=N1)c1ccc(OC(F)(F)F)cc1.c1conn1. The van der Waals surface area contributed by atoms with Gasteiger partial charge in [-0.1, -0.05) is 17.7 Å². The smallest absolute Gasteiger partial charge is 0.467 e. The zero-order valence-electron chi connectivity index (χ0n) is 21.1. The summed E-state index contributed by atoms with van der Waals surface area (Å²) in [5.41, 5.74) is -0.582. The molecule has 3 aromatic rings. The number of anilines is 1. The number of alkyl halides is 3. The lowest BCUT2D eigenvalue weighted by atomic mass is 9.97. The molecular formula is C24H19ClF3N5O8. The van der Waals surface area contributed by atoms with Crippen LogP contribution in [0.25, 0.3) is 0 Å². The van der Waals surface area contributed by atoms with E-state index in [9.17, 15) is 27.6 Å². The minimum absolute atomic E-state index is 0.0534. The van der Waals surface area contributed by atoms with Gasteiger partial charge in [0.1, 0.15) is 24.5 Å². The highest BCUT2D eigenvalue weighted by atomic mass is 35.5. The predicted molar refractivity (Wildman–Crippen MR) is 132 cm³/mol. The van der Waals surface area contributed by atoms with Gasteiger partial charge in [-0.2, -0.15) is 15.0 Å². The molecule has 216 valence electrons. The van der Waals surface area contributed by atoms with Crippen molar-refractivity contribution in [2.24, 2.45) is 5.10 Å². The molecule has 1 atom stereocenters. The summed E-state index contributed by atoms with van der Waals surface area (Å²) in [7, 11) is 2.19. The molecule has 2 aliphatic rings. The first-order valence-corrected chi connectivity index (χ1v) is 11.7. The number of hydrogen-bond acceptors (Lipinski definition) is 11. The lowest BCUT2D eigenvalue weighted by molar-refractivity contribution is -0.274. The first-order chi connectivity index (χ1) is 19.5. The molecule has 2 aromatic carbocycles. The van der Waals surface area contributed by atoms with E-state index in [1.165, 1.54) is 19.6 Å². The third-order valence-corrected chi connectivity index (χ3v) is 5.93. The molecule has 1 aliphatic carbocycles. The Hall–Kier alpha value is -4.70. The van der Waals surface area contributed by atoms with Gasteiger partial charge in [0.2, 0.25) is 5.60 Å². The minimum Gasteiger partial charge on any atom is -0.467 e. The fourth-order valence-corrected chi connectivity index (χ4v) is 4.20. The zero-order valence-corrected chi connectivity index (χ0v) is 21.9. The van der Waals surface area contributed by atoms with E-state index < -0.39 is 42.5 Å². The number of amides is 3. The van der Waals surface area contributed by atoms with Gasteiger partial charge in [0, 0.05) is 22.3 Å². The molecule has 0 spiro atoms.